The normalized spacial score (nSPS) is 14.7. The van der Waals surface area contributed by atoms with E-state index in [0.717, 1.165) is 12.8 Å². The van der Waals surface area contributed by atoms with E-state index in [4.69, 9.17) is 0 Å². The molecule has 0 atom stereocenters. The molecule has 0 saturated heterocycles. The van der Waals surface area contributed by atoms with Crippen molar-refractivity contribution in [3.05, 3.63) is 47.5 Å². The van der Waals surface area contributed by atoms with Crippen molar-refractivity contribution < 1.29 is 4.79 Å². The molecule has 0 unspecified atom stereocenters. The molecule has 0 bridgehead atoms. The van der Waals surface area contributed by atoms with Crippen molar-refractivity contribution in [2.45, 2.75) is 32.2 Å². The predicted octanol–water partition coefficient (Wildman–Crippen LogP) is 2.83. The standard InChI is InChI=1S/C16H17NO/c1-2-15(18)17-14-9-12-7-3-5-11-6-4-8-13(10-14)16(11)12/h3-8,14H,2,9-10H2,1H3,(H,17,18). The molecular formula is C16H17NO. The van der Waals surface area contributed by atoms with E-state index in [0.29, 0.717) is 6.42 Å². The van der Waals surface area contributed by atoms with Gasteiger partial charge in [-0.15, -0.1) is 0 Å². The van der Waals surface area contributed by atoms with Crippen LogP contribution >= 0.6 is 0 Å². The summed E-state index contributed by atoms with van der Waals surface area (Å²) in [4.78, 5) is 11.5. The quantitative estimate of drug-likeness (QED) is 0.857. The summed E-state index contributed by atoms with van der Waals surface area (Å²) in [6, 6.07) is 13.1. The Balaban J connectivity index is 1.98. The summed E-state index contributed by atoms with van der Waals surface area (Å²) >= 11 is 0. The molecule has 0 heterocycles. The Hall–Kier alpha value is -1.83. The van der Waals surface area contributed by atoms with Crippen LogP contribution in [0.5, 0.6) is 0 Å². The van der Waals surface area contributed by atoms with E-state index >= 15 is 0 Å². The largest absolute Gasteiger partial charge is 0.353 e. The Kier molecular flexibility index (Phi) is 2.78. The van der Waals surface area contributed by atoms with Gasteiger partial charge in [0.05, 0.1) is 0 Å². The fourth-order valence-corrected chi connectivity index (χ4v) is 2.88. The first kappa shape index (κ1) is 11.3. The van der Waals surface area contributed by atoms with Gasteiger partial charge in [-0.25, -0.2) is 0 Å². The number of rotatable bonds is 2. The van der Waals surface area contributed by atoms with Gasteiger partial charge in [-0.1, -0.05) is 43.3 Å². The van der Waals surface area contributed by atoms with Crippen molar-refractivity contribution in [3.8, 4) is 0 Å². The highest BCUT2D eigenvalue weighted by Crippen LogP contribution is 2.29. The molecule has 0 spiro atoms. The first-order valence-electron chi connectivity index (χ1n) is 6.57. The number of carbonyl (C=O) groups is 1. The number of amides is 1. The Bertz CT molecular complexity index is 562. The summed E-state index contributed by atoms with van der Waals surface area (Å²) in [5, 5.41) is 5.81. The minimum absolute atomic E-state index is 0.145. The van der Waals surface area contributed by atoms with Gasteiger partial charge in [0, 0.05) is 12.5 Å². The first-order valence-corrected chi connectivity index (χ1v) is 6.57. The molecule has 2 aromatic rings. The molecular weight excluding hydrogens is 222 g/mol. The van der Waals surface area contributed by atoms with Gasteiger partial charge >= 0.3 is 0 Å². The molecule has 0 radical (unpaired) electrons. The molecule has 3 rings (SSSR count). The Morgan fingerprint density at radius 2 is 1.78 bits per heavy atom. The Morgan fingerprint density at radius 1 is 1.17 bits per heavy atom. The molecule has 2 nitrogen and oxygen atoms in total. The maximum atomic E-state index is 11.5. The molecule has 1 aliphatic rings. The number of hydrogen-bond acceptors (Lipinski definition) is 1. The van der Waals surface area contributed by atoms with Crippen molar-refractivity contribution in [1.82, 2.24) is 5.32 Å². The van der Waals surface area contributed by atoms with Crippen molar-refractivity contribution >= 4 is 16.7 Å². The van der Waals surface area contributed by atoms with E-state index in [1.807, 2.05) is 6.92 Å². The fraction of sp³-hybridized carbons (Fsp3) is 0.312. The van der Waals surface area contributed by atoms with E-state index in [2.05, 4.69) is 41.7 Å². The summed E-state index contributed by atoms with van der Waals surface area (Å²) in [7, 11) is 0. The zero-order valence-corrected chi connectivity index (χ0v) is 10.6. The lowest BCUT2D eigenvalue weighted by atomic mass is 9.86. The van der Waals surface area contributed by atoms with Crippen molar-refractivity contribution in [2.75, 3.05) is 0 Å². The van der Waals surface area contributed by atoms with Crippen molar-refractivity contribution in [2.24, 2.45) is 0 Å². The number of carbonyl (C=O) groups excluding carboxylic acids is 1. The monoisotopic (exact) mass is 239 g/mol. The van der Waals surface area contributed by atoms with Crippen LogP contribution in [0, 0.1) is 0 Å². The van der Waals surface area contributed by atoms with Gasteiger partial charge in [0.1, 0.15) is 0 Å². The van der Waals surface area contributed by atoms with Gasteiger partial charge in [-0.05, 0) is 34.7 Å². The van der Waals surface area contributed by atoms with Gasteiger partial charge in [-0.3, -0.25) is 4.79 Å². The molecule has 2 aromatic carbocycles. The average Bonchev–Trinajstić information content (AvgIpc) is 2.39. The second-order valence-corrected chi connectivity index (χ2v) is 4.96. The molecule has 0 aliphatic heterocycles. The third kappa shape index (κ3) is 1.88. The lowest BCUT2D eigenvalue weighted by Gasteiger charge is -2.26. The van der Waals surface area contributed by atoms with Crippen LogP contribution in [-0.4, -0.2) is 11.9 Å². The van der Waals surface area contributed by atoms with Gasteiger partial charge in [0.15, 0.2) is 0 Å². The van der Waals surface area contributed by atoms with Crippen LogP contribution in [0.1, 0.15) is 24.5 Å². The highest BCUT2D eigenvalue weighted by atomic mass is 16.1. The summed E-state index contributed by atoms with van der Waals surface area (Å²) in [6.45, 7) is 1.90. The average molecular weight is 239 g/mol. The second kappa shape index (κ2) is 4.45. The first-order chi connectivity index (χ1) is 8.78. The fourth-order valence-electron chi connectivity index (χ4n) is 2.88. The molecule has 1 aliphatic carbocycles. The highest BCUT2D eigenvalue weighted by Gasteiger charge is 2.21. The van der Waals surface area contributed by atoms with Crippen LogP contribution in [0.15, 0.2) is 36.4 Å². The van der Waals surface area contributed by atoms with E-state index in [-0.39, 0.29) is 11.9 Å². The van der Waals surface area contributed by atoms with Gasteiger partial charge in [0.25, 0.3) is 0 Å². The van der Waals surface area contributed by atoms with Crippen LogP contribution < -0.4 is 5.32 Å². The highest BCUT2D eigenvalue weighted by molar-refractivity contribution is 5.90. The topological polar surface area (TPSA) is 29.1 Å². The maximum Gasteiger partial charge on any atom is 0.219 e. The third-order valence-electron chi connectivity index (χ3n) is 3.70. The van der Waals surface area contributed by atoms with Crippen molar-refractivity contribution in [3.63, 3.8) is 0 Å². The van der Waals surface area contributed by atoms with Crippen LogP contribution in [0.4, 0.5) is 0 Å². The van der Waals surface area contributed by atoms with Crippen LogP contribution in [0.2, 0.25) is 0 Å². The molecule has 92 valence electrons. The van der Waals surface area contributed by atoms with Crippen LogP contribution in [0.3, 0.4) is 0 Å². The van der Waals surface area contributed by atoms with Crippen molar-refractivity contribution in [1.29, 1.82) is 0 Å². The number of hydrogen-bond donors (Lipinski definition) is 1. The third-order valence-corrected chi connectivity index (χ3v) is 3.70. The Labute approximate surface area is 107 Å². The van der Waals surface area contributed by atoms with Gasteiger partial charge in [-0.2, -0.15) is 0 Å². The predicted molar refractivity (Wildman–Crippen MR) is 73.6 cm³/mol. The second-order valence-electron chi connectivity index (χ2n) is 4.96. The summed E-state index contributed by atoms with van der Waals surface area (Å²) in [5.41, 5.74) is 2.71. The lowest BCUT2D eigenvalue weighted by molar-refractivity contribution is -0.121. The van der Waals surface area contributed by atoms with E-state index in [1.165, 1.54) is 21.9 Å². The van der Waals surface area contributed by atoms with Gasteiger partial charge in [0.2, 0.25) is 5.91 Å². The summed E-state index contributed by atoms with van der Waals surface area (Å²) < 4.78 is 0. The molecule has 1 N–H and O–H groups in total. The molecule has 0 saturated carbocycles. The van der Waals surface area contributed by atoms with E-state index in [9.17, 15) is 4.79 Å². The molecule has 1 amide bonds. The van der Waals surface area contributed by atoms with E-state index in [1.54, 1.807) is 0 Å². The molecule has 0 fully saturated rings. The SMILES string of the molecule is CCC(=O)NC1Cc2cccc3cccc(c23)C1. The summed E-state index contributed by atoms with van der Waals surface area (Å²) in [5.74, 6) is 0.145. The molecule has 0 aromatic heterocycles. The van der Waals surface area contributed by atoms with Crippen LogP contribution in [0.25, 0.3) is 10.8 Å². The number of nitrogens with one attached hydrogen (secondary N) is 1. The molecule has 2 heteroatoms. The minimum Gasteiger partial charge on any atom is -0.353 e. The van der Waals surface area contributed by atoms with Crippen LogP contribution in [-0.2, 0) is 17.6 Å². The maximum absolute atomic E-state index is 11.5. The summed E-state index contributed by atoms with van der Waals surface area (Å²) in [6.07, 6.45) is 2.45. The Morgan fingerprint density at radius 3 is 2.33 bits per heavy atom. The van der Waals surface area contributed by atoms with E-state index < -0.39 is 0 Å². The smallest absolute Gasteiger partial charge is 0.219 e. The zero-order chi connectivity index (χ0) is 12.5. The minimum atomic E-state index is 0.145. The zero-order valence-electron chi connectivity index (χ0n) is 10.6. The van der Waals surface area contributed by atoms with Gasteiger partial charge < -0.3 is 5.32 Å². The lowest BCUT2D eigenvalue weighted by Crippen LogP contribution is -2.39. The number of benzene rings is 2. The molecule has 18 heavy (non-hydrogen) atoms.